The number of benzene rings is 2. The molecule has 0 radical (unpaired) electrons. The highest BCUT2D eigenvalue weighted by Gasteiger charge is 2.14. The monoisotopic (exact) mass is 340 g/mol. The second kappa shape index (κ2) is 7.24. The SMILES string of the molecule is O=C(NCc1cccc(Cl)c1)C(=O)Nc1ccc(F)c(Cl)c1. The van der Waals surface area contributed by atoms with E-state index in [4.69, 9.17) is 23.2 Å². The first-order valence-corrected chi connectivity index (χ1v) is 7.00. The van der Waals surface area contributed by atoms with Crippen LogP contribution in [0.2, 0.25) is 10.0 Å². The molecule has 2 aromatic carbocycles. The van der Waals surface area contributed by atoms with Gasteiger partial charge in [0, 0.05) is 17.3 Å². The average Bonchev–Trinajstić information content (AvgIpc) is 2.48. The van der Waals surface area contributed by atoms with Crippen LogP contribution in [0, 0.1) is 5.82 Å². The lowest BCUT2D eigenvalue weighted by Crippen LogP contribution is -2.34. The van der Waals surface area contributed by atoms with Crippen LogP contribution in [0.1, 0.15) is 5.56 Å². The third kappa shape index (κ3) is 4.44. The summed E-state index contributed by atoms with van der Waals surface area (Å²) < 4.78 is 13.0. The van der Waals surface area contributed by atoms with Gasteiger partial charge in [-0.2, -0.15) is 0 Å². The van der Waals surface area contributed by atoms with Crippen molar-refractivity contribution in [2.75, 3.05) is 5.32 Å². The zero-order valence-corrected chi connectivity index (χ0v) is 12.7. The van der Waals surface area contributed by atoms with Crippen LogP contribution in [-0.4, -0.2) is 11.8 Å². The third-order valence-electron chi connectivity index (χ3n) is 2.73. The lowest BCUT2D eigenvalue weighted by Gasteiger charge is -2.07. The average molecular weight is 341 g/mol. The minimum absolute atomic E-state index is 0.142. The first kappa shape index (κ1) is 16.3. The van der Waals surface area contributed by atoms with E-state index in [-0.39, 0.29) is 17.3 Å². The molecule has 0 aromatic heterocycles. The van der Waals surface area contributed by atoms with Gasteiger partial charge < -0.3 is 10.6 Å². The maximum atomic E-state index is 13.0. The van der Waals surface area contributed by atoms with Gasteiger partial charge in [0.1, 0.15) is 5.82 Å². The first-order valence-electron chi connectivity index (χ1n) is 6.24. The zero-order chi connectivity index (χ0) is 16.1. The van der Waals surface area contributed by atoms with E-state index in [1.807, 2.05) is 0 Å². The summed E-state index contributed by atoms with van der Waals surface area (Å²) in [6.45, 7) is 0.164. The van der Waals surface area contributed by atoms with Gasteiger partial charge in [0.15, 0.2) is 0 Å². The molecule has 0 spiro atoms. The number of hydrogen-bond acceptors (Lipinski definition) is 2. The molecule has 0 fully saturated rings. The van der Waals surface area contributed by atoms with Crippen LogP contribution in [0.25, 0.3) is 0 Å². The number of rotatable bonds is 3. The highest BCUT2D eigenvalue weighted by molar-refractivity contribution is 6.39. The second-order valence-electron chi connectivity index (χ2n) is 4.40. The van der Waals surface area contributed by atoms with Crippen molar-refractivity contribution in [1.82, 2.24) is 5.32 Å². The molecule has 4 nitrogen and oxygen atoms in total. The smallest absolute Gasteiger partial charge is 0.313 e. The fourth-order valence-electron chi connectivity index (χ4n) is 1.67. The Hall–Kier alpha value is -2.11. The molecule has 0 bridgehead atoms. The lowest BCUT2D eigenvalue weighted by atomic mass is 10.2. The van der Waals surface area contributed by atoms with Crippen LogP contribution >= 0.6 is 23.2 Å². The molecular weight excluding hydrogens is 330 g/mol. The number of carbonyl (C=O) groups excluding carboxylic acids is 2. The number of nitrogens with one attached hydrogen (secondary N) is 2. The van der Waals surface area contributed by atoms with Crippen LogP contribution in [0.15, 0.2) is 42.5 Å². The molecule has 0 aliphatic carbocycles. The van der Waals surface area contributed by atoms with Crippen molar-refractivity contribution >= 4 is 40.7 Å². The summed E-state index contributed by atoms with van der Waals surface area (Å²) in [6, 6.07) is 10.5. The van der Waals surface area contributed by atoms with Gasteiger partial charge in [-0.1, -0.05) is 35.3 Å². The minimum atomic E-state index is -0.871. The summed E-state index contributed by atoms with van der Waals surface area (Å²) in [5, 5.41) is 5.18. The van der Waals surface area contributed by atoms with Gasteiger partial charge >= 0.3 is 11.8 Å². The van der Waals surface area contributed by atoms with Crippen molar-refractivity contribution in [3.63, 3.8) is 0 Å². The Morgan fingerprint density at radius 2 is 1.82 bits per heavy atom. The van der Waals surface area contributed by atoms with Crippen molar-refractivity contribution < 1.29 is 14.0 Å². The summed E-state index contributed by atoms with van der Waals surface area (Å²) in [7, 11) is 0. The van der Waals surface area contributed by atoms with Gasteiger partial charge in [0.25, 0.3) is 0 Å². The molecule has 22 heavy (non-hydrogen) atoms. The fraction of sp³-hybridized carbons (Fsp3) is 0.0667. The van der Waals surface area contributed by atoms with Gasteiger partial charge in [-0.25, -0.2) is 4.39 Å². The van der Waals surface area contributed by atoms with E-state index in [0.29, 0.717) is 5.02 Å². The molecule has 2 aromatic rings. The van der Waals surface area contributed by atoms with E-state index >= 15 is 0 Å². The van der Waals surface area contributed by atoms with E-state index < -0.39 is 17.6 Å². The maximum Gasteiger partial charge on any atom is 0.313 e. The summed E-state index contributed by atoms with van der Waals surface area (Å²) in [4.78, 5) is 23.4. The molecule has 114 valence electrons. The van der Waals surface area contributed by atoms with E-state index in [9.17, 15) is 14.0 Å². The minimum Gasteiger partial charge on any atom is -0.344 e. The molecule has 0 aliphatic rings. The van der Waals surface area contributed by atoms with E-state index in [0.717, 1.165) is 11.6 Å². The normalized spacial score (nSPS) is 10.1. The number of anilines is 1. The van der Waals surface area contributed by atoms with Gasteiger partial charge in [0.05, 0.1) is 5.02 Å². The topological polar surface area (TPSA) is 58.2 Å². The Kier molecular flexibility index (Phi) is 5.35. The maximum absolute atomic E-state index is 13.0. The van der Waals surface area contributed by atoms with Gasteiger partial charge in [-0.05, 0) is 35.9 Å². The number of amides is 2. The second-order valence-corrected chi connectivity index (χ2v) is 5.24. The van der Waals surface area contributed by atoms with Crippen LogP contribution in [-0.2, 0) is 16.1 Å². The molecule has 0 saturated carbocycles. The molecule has 0 heterocycles. The molecule has 2 rings (SSSR count). The molecule has 0 unspecified atom stereocenters. The highest BCUT2D eigenvalue weighted by Crippen LogP contribution is 2.19. The van der Waals surface area contributed by atoms with Crippen molar-refractivity contribution in [2.45, 2.75) is 6.54 Å². The molecule has 7 heteroatoms. The standard InChI is InChI=1S/C15H11Cl2FN2O2/c16-10-3-1-2-9(6-10)8-19-14(21)15(22)20-11-4-5-13(18)12(17)7-11/h1-7H,8H2,(H,19,21)(H,20,22). The fourth-order valence-corrected chi connectivity index (χ4v) is 2.06. The van der Waals surface area contributed by atoms with Crippen molar-refractivity contribution in [3.05, 3.63) is 63.9 Å². The quantitative estimate of drug-likeness (QED) is 0.841. The van der Waals surface area contributed by atoms with Gasteiger partial charge in [0.2, 0.25) is 0 Å². The highest BCUT2D eigenvalue weighted by atomic mass is 35.5. The zero-order valence-electron chi connectivity index (χ0n) is 11.2. The predicted octanol–water partition coefficient (Wildman–Crippen LogP) is 3.39. The Balaban J connectivity index is 1.92. The number of halogens is 3. The number of hydrogen-bond donors (Lipinski definition) is 2. The first-order chi connectivity index (χ1) is 10.5. The molecule has 2 N–H and O–H groups in total. The Morgan fingerprint density at radius 1 is 1.05 bits per heavy atom. The molecule has 0 aliphatic heterocycles. The largest absolute Gasteiger partial charge is 0.344 e. The predicted molar refractivity (Wildman–Crippen MR) is 83.3 cm³/mol. The number of carbonyl (C=O) groups is 2. The van der Waals surface area contributed by atoms with Crippen LogP contribution in [0.3, 0.4) is 0 Å². The van der Waals surface area contributed by atoms with Crippen LogP contribution < -0.4 is 10.6 Å². The Morgan fingerprint density at radius 3 is 2.50 bits per heavy atom. The molecule has 0 atom stereocenters. The summed E-state index contributed by atoms with van der Waals surface area (Å²) in [6.07, 6.45) is 0. The van der Waals surface area contributed by atoms with E-state index in [1.165, 1.54) is 12.1 Å². The van der Waals surface area contributed by atoms with Gasteiger partial charge in [-0.3, -0.25) is 9.59 Å². The summed E-state index contributed by atoms with van der Waals surface area (Å²) >= 11 is 11.4. The van der Waals surface area contributed by atoms with Gasteiger partial charge in [-0.15, -0.1) is 0 Å². The molecular formula is C15H11Cl2FN2O2. The summed E-state index contributed by atoms with van der Waals surface area (Å²) in [5.74, 6) is -2.30. The van der Waals surface area contributed by atoms with Crippen molar-refractivity contribution in [1.29, 1.82) is 0 Å². The lowest BCUT2D eigenvalue weighted by molar-refractivity contribution is -0.136. The van der Waals surface area contributed by atoms with E-state index in [1.54, 1.807) is 24.3 Å². The molecule has 0 saturated heterocycles. The Bertz CT molecular complexity index is 722. The van der Waals surface area contributed by atoms with Crippen LogP contribution in [0.4, 0.5) is 10.1 Å². The van der Waals surface area contributed by atoms with Crippen molar-refractivity contribution in [2.24, 2.45) is 0 Å². The van der Waals surface area contributed by atoms with Crippen molar-refractivity contribution in [3.8, 4) is 0 Å². The summed E-state index contributed by atoms with van der Waals surface area (Å²) in [5.41, 5.74) is 0.993. The van der Waals surface area contributed by atoms with Crippen LogP contribution in [0.5, 0.6) is 0 Å². The molecule has 2 amide bonds. The van der Waals surface area contributed by atoms with E-state index in [2.05, 4.69) is 10.6 Å². The Labute approximate surface area is 136 Å². The third-order valence-corrected chi connectivity index (χ3v) is 3.25.